The minimum Gasteiger partial charge on any atom is -0.354 e. The summed E-state index contributed by atoms with van der Waals surface area (Å²) in [5.74, 6) is -0.383. The Morgan fingerprint density at radius 2 is 1.95 bits per heavy atom. The number of hydrogen-bond donors (Lipinski definition) is 2. The molecule has 1 atom stereocenters. The second-order valence-electron chi connectivity index (χ2n) is 4.42. The summed E-state index contributed by atoms with van der Waals surface area (Å²) in [6, 6.07) is 2.34. The molecule has 0 saturated heterocycles. The summed E-state index contributed by atoms with van der Waals surface area (Å²) in [6.45, 7) is 1.89. The Bertz CT molecular complexity index is 584. The molecule has 0 bridgehead atoms. The molecule has 9 heteroatoms. The van der Waals surface area contributed by atoms with Gasteiger partial charge in [-0.3, -0.25) is 4.79 Å². The molecule has 8 nitrogen and oxygen atoms in total. The number of hydrogen-bond acceptors (Lipinski definition) is 6. The van der Waals surface area contributed by atoms with Crippen LogP contribution in [0.1, 0.15) is 23.7 Å². The fourth-order valence-electron chi connectivity index (χ4n) is 1.82. The lowest BCUT2D eigenvalue weighted by molar-refractivity contribution is -0.121. The van der Waals surface area contributed by atoms with Crippen LogP contribution in [0.15, 0.2) is 23.4 Å². The number of nitrogens with zero attached hydrogens (tertiary/aromatic N) is 1. The fraction of sp³-hybridized carbons (Fsp3) is 0.538. The predicted octanol–water partition coefficient (Wildman–Crippen LogP) is 0.117. The SMILES string of the molecule is CC[C@@H](NC(=O)c1ccc(S(=O)(=O)NC)nc1)C(OC)OC. The van der Waals surface area contributed by atoms with Gasteiger partial charge in [-0.15, -0.1) is 0 Å². The Morgan fingerprint density at radius 3 is 2.36 bits per heavy atom. The van der Waals surface area contributed by atoms with Crippen LogP contribution in [0.25, 0.3) is 0 Å². The van der Waals surface area contributed by atoms with Crippen molar-refractivity contribution in [3.8, 4) is 0 Å². The molecule has 0 aromatic carbocycles. The monoisotopic (exact) mass is 331 g/mol. The number of pyridine rings is 1. The fourth-order valence-corrected chi connectivity index (χ4v) is 2.46. The predicted molar refractivity (Wildman–Crippen MR) is 79.8 cm³/mol. The molecule has 2 N–H and O–H groups in total. The van der Waals surface area contributed by atoms with E-state index in [1.165, 1.54) is 39.6 Å². The number of nitrogens with one attached hydrogen (secondary N) is 2. The van der Waals surface area contributed by atoms with Crippen molar-refractivity contribution in [3.63, 3.8) is 0 Å². The van der Waals surface area contributed by atoms with Crippen LogP contribution >= 0.6 is 0 Å². The molecule has 1 aromatic heterocycles. The van der Waals surface area contributed by atoms with Gasteiger partial charge in [0.1, 0.15) is 0 Å². The van der Waals surface area contributed by atoms with Crippen LogP contribution in [0.3, 0.4) is 0 Å². The maximum Gasteiger partial charge on any atom is 0.257 e. The first-order valence-corrected chi connectivity index (χ1v) is 8.14. The average Bonchev–Trinajstić information content (AvgIpc) is 2.54. The zero-order chi connectivity index (χ0) is 16.8. The summed E-state index contributed by atoms with van der Waals surface area (Å²) in [7, 11) is 0.644. The van der Waals surface area contributed by atoms with Crippen molar-refractivity contribution in [2.75, 3.05) is 21.3 Å². The van der Waals surface area contributed by atoms with Gasteiger partial charge in [0.2, 0.25) is 0 Å². The molecule has 0 radical (unpaired) electrons. The molecule has 1 amide bonds. The van der Waals surface area contributed by atoms with Gasteiger partial charge in [-0.25, -0.2) is 18.1 Å². The van der Waals surface area contributed by atoms with Gasteiger partial charge in [0.05, 0.1) is 11.6 Å². The van der Waals surface area contributed by atoms with E-state index in [-0.39, 0.29) is 22.5 Å². The number of carbonyl (C=O) groups is 1. The van der Waals surface area contributed by atoms with Crippen molar-refractivity contribution in [2.45, 2.75) is 30.7 Å². The molecule has 0 fully saturated rings. The smallest absolute Gasteiger partial charge is 0.257 e. The van der Waals surface area contributed by atoms with Crippen molar-refractivity contribution < 1.29 is 22.7 Å². The highest BCUT2D eigenvalue weighted by Crippen LogP contribution is 2.09. The van der Waals surface area contributed by atoms with E-state index in [2.05, 4.69) is 15.0 Å². The third-order valence-electron chi connectivity index (χ3n) is 3.09. The normalized spacial score (nSPS) is 13.1. The van der Waals surface area contributed by atoms with Crippen LogP contribution in [0.5, 0.6) is 0 Å². The van der Waals surface area contributed by atoms with Crippen LogP contribution in [0.4, 0.5) is 0 Å². The second kappa shape index (κ2) is 8.18. The Labute approximate surface area is 130 Å². The van der Waals surface area contributed by atoms with Gasteiger partial charge in [-0.1, -0.05) is 6.92 Å². The zero-order valence-corrected chi connectivity index (χ0v) is 13.8. The highest BCUT2D eigenvalue weighted by Gasteiger charge is 2.22. The molecule has 0 saturated carbocycles. The Balaban J connectivity index is 2.86. The zero-order valence-electron chi connectivity index (χ0n) is 13.0. The number of aromatic nitrogens is 1. The maximum atomic E-state index is 12.2. The van der Waals surface area contributed by atoms with E-state index in [1.807, 2.05) is 6.92 Å². The summed E-state index contributed by atoms with van der Waals surface area (Å²) < 4.78 is 35.5. The van der Waals surface area contributed by atoms with Gasteiger partial charge in [-0.2, -0.15) is 0 Å². The quantitative estimate of drug-likeness (QED) is 0.655. The van der Waals surface area contributed by atoms with Crippen molar-refractivity contribution in [1.82, 2.24) is 15.0 Å². The van der Waals surface area contributed by atoms with Crippen molar-refractivity contribution in [3.05, 3.63) is 23.9 Å². The molecule has 1 aromatic rings. The average molecular weight is 331 g/mol. The van der Waals surface area contributed by atoms with Crippen LogP contribution in [0.2, 0.25) is 0 Å². The first kappa shape index (κ1) is 18.5. The van der Waals surface area contributed by atoms with Gasteiger partial charge >= 0.3 is 0 Å². The first-order valence-electron chi connectivity index (χ1n) is 6.65. The van der Waals surface area contributed by atoms with Crippen LogP contribution < -0.4 is 10.0 Å². The van der Waals surface area contributed by atoms with Crippen molar-refractivity contribution in [2.24, 2.45) is 0 Å². The number of sulfonamides is 1. The van der Waals surface area contributed by atoms with Gasteiger partial charge in [-0.05, 0) is 25.6 Å². The van der Waals surface area contributed by atoms with Crippen molar-refractivity contribution >= 4 is 15.9 Å². The number of carbonyl (C=O) groups excluding carboxylic acids is 1. The van der Waals surface area contributed by atoms with E-state index in [0.717, 1.165) is 0 Å². The van der Waals surface area contributed by atoms with Gasteiger partial charge < -0.3 is 14.8 Å². The highest BCUT2D eigenvalue weighted by atomic mass is 32.2. The first-order chi connectivity index (χ1) is 10.4. The number of ether oxygens (including phenoxy) is 2. The largest absolute Gasteiger partial charge is 0.354 e. The van der Waals surface area contributed by atoms with Crippen LogP contribution in [-0.2, 0) is 19.5 Å². The Morgan fingerprint density at radius 1 is 1.32 bits per heavy atom. The molecular weight excluding hydrogens is 310 g/mol. The summed E-state index contributed by atoms with van der Waals surface area (Å²) >= 11 is 0. The minimum absolute atomic E-state index is 0.148. The third kappa shape index (κ3) is 4.47. The summed E-state index contributed by atoms with van der Waals surface area (Å²) in [6.07, 6.45) is 1.25. The summed E-state index contributed by atoms with van der Waals surface area (Å²) in [4.78, 5) is 15.9. The maximum absolute atomic E-state index is 12.2. The molecule has 0 unspecified atom stereocenters. The molecular formula is C13H21N3O5S. The standard InChI is InChI=1S/C13H21N3O5S/c1-5-10(13(20-3)21-4)16-12(17)9-6-7-11(15-8-9)22(18,19)14-2/h6-8,10,13-14H,5H2,1-4H3,(H,16,17)/t10-/m1/s1. The molecule has 1 rings (SSSR count). The van der Waals surface area contributed by atoms with E-state index in [0.29, 0.717) is 6.42 Å². The van der Waals surface area contributed by atoms with Gasteiger partial charge in [0, 0.05) is 20.4 Å². The van der Waals surface area contributed by atoms with Crippen LogP contribution in [0, 0.1) is 0 Å². The number of rotatable bonds is 8. The Kier molecular flexibility index (Phi) is 6.88. The topological polar surface area (TPSA) is 107 Å². The Hall–Kier alpha value is -1.55. The molecule has 0 aliphatic heterocycles. The third-order valence-corrected chi connectivity index (χ3v) is 4.42. The van der Waals surface area contributed by atoms with E-state index in [9.17, 15) is 13.2 Å². The van der Waals surface area contributed by atoms with Crippen molar-refractivity contribution in [1.29, 1.82) is 0 Å². The van der Waals surface area contributed by atoms with E-state index >= 15 is 0 Å². The molecule has 22 heavy (non-hydrogen) atoms. The van der Waals surface area contributed by atoms with Crippen LogP contribution in [-0.4, -0.2) is 52.9 Å². The highest BCUT2D eigenvalue weighted by molar-refractivity contribution is 7.89. The molecule has 124 valence electrons. The minimum atomic E-state index is -3.62. The lowest BCUT2D eigenvalue weighted by Crippen LogP contribution is -2.44. The summed E-state index contributed by atoms with van der Waals surface area (Å²) in [5.41, 5.74) is 0.249. The second-order valence-corrected chi connectivity index (χ2v) is 6.25. The van der Waals surface area contributed by atoms with Gasteiger partial charge in [0.25, 0.3) is 15.9 Å². The number of amides is 1. The lowest BCUT2D eigenvalue weighted by atomic mass is 10.2. The molecule has 0 aliphatic rings. The molecule has 1 heterocycles. The van der Waals surface area contributed by atoms with Gasteiger partial charge in [0.15, 0.2) is 11.3 Å². The molecule has 0 spiro atoms. The van der Waals surface area contributed by atoms with E-state index < -0.39 is 16.3 Å². The molecule has 0 aliphatic carbocycles. The summed E-state index contributed by atoms with van der Waals surface area (Å²) in [5, 5.41) is 2.62. The lowest BCUT2D eigenvalue weighted by Gasteiger charge is -2.24. The number of methoxy groups -OCH3 is 2. The van der Waals surface area contributed by atoms with E-state index in [1.54, 1.807) is 0 Å². The van der Waals surface area contributed by atoms with E-state index in [4.69, 9.17) is 9.47 Å².